The second kappa shape index (κ2) is 9.72. The minimum absolute atomic E-state index is 0. The summed E-state index contributed by atoms with van der Waals surface area (Å²) in [5.41, 5.74) is 6.49. The van der Waals surface area contributed by atoms with E-state index in [9.17, 15) is 9.59 Å². The number of halogens is 1. The molecule has 0 aliphatic carbocycles. The molecule has 0 unspecified atom stereocenters. The number of methoxy groups -OCH3 is 2. The highest BCUT2D eigenvalue weighted by Crippen LogP contribution is 2.28. The van der Waals surface area contributed by atoms with Crippen LogP contribution >= 0.6 is 23.7 Å². The van der Waals surface area contributed by atoms with E-state index in [1.54, 1.807) is 40.5 Å². The summed E-state index contributed by atoms with van der Waals surface area (Å²) in [6, 6.07) is 5.09. The molecule has 1 saturated heterocycles. The van der Waals surface area contributed by atoms with E-state index >= 15 is 0 Å². The van der Waals surface area contributed by atoms with Gasteiger partial charge in [-0.15, -0.1) is 23.7 Å². The third kappa shape index (κ3) is 4.54. The van der Waals surface area contributed by atoms with Crippen molar-refractivity contribution in [3.8, 4) is 11.5 Å². The van der Waals surface area contributed by atoms with Crippen LogP contribution in [0, 0.1) is 0 Å². The standard InChI is InChI=1S/C18H22N4O4S.ClH/c1-25-14-4-3-12(9-15(14)26-2)17(23)21-5-7-22(8-6-21)18(24)13-11-27-16(10-19)20-13;/h3-4,9,11H,5-8,10,19H2,1-2H3;1H. The Labute approximate surface area is 173 Å². The van der Waals surface area contributed by atoms with Crippen molar-refractivity contribution in [3.63, 3.8) is 0 Å². The van der Waals surface area contributed by atoms with Crippen LogP contribution in [0.2, 0.25) is 0 Å². The van der Waals surface area contributed by atoms with E-state index in [0.717, 1.165) is 5.01 Å². The van der Waals surface area contributed by atoms with Crippen molar-refractivity contribution >= 4 is 35.6 Å². The zero-order valence-electron chi connectivity index (χ0n) is 15.7. The Balaban J connectivity index is 0.00000280. The molecule has 2 N–H and O–H groups in total. The fraction of sp³-hybridized carbons (Fsp3) is 0.389. The van der Waals surface area contributed by atoms with Crippen LogP contribution in [0.3, 0.4) is 0 Å². The van der Waals surface area contributed by atoms with Gasteiger partial charge in [0.1, 0.15) is 10.7 Å². The van der Waals surface area contributed by atoms with E-state index in [4.69, 9.17) is 15.2 Å². The molecule has 3 rings (SSSR count). The van der Waals surface area contributed by atoms with Crippen molar-refractivity contribution in [3.05, 3.63) is 39.8 Å². The molecule has 1 aromatic carbocycles. The number of rotatable bonds is 5. The first-order valence-corrected chi connectivity index (χ1v) is 9.40. The van der Waals surface area contributed by atoms with Crippen LogP contribution in [-0.2, 0) is 6.54 Å². The lowest BCUT2D eigenvalue weighted by Crippen LogP contribution is -2.50. The number of hydrogen-bond acceptors (Lipinski definition) is 7. The number of piperazine rings is 1. The van der Waals surface area contributed by atoms with E-state index in [2.05, 4.69) is 4.98 Å². The first-order chi connectivity index (χ1) is 13.1. The fourth-order valence-electron chi connectivity index (χ4n) is 2.93. The molecule has 28 heavy (non-hydrogen) atoms. The molecule has 152 valence electrons. The van der Waals surface area contributed by atoms with E-state index in [1.807, 2.05) is 0 Å². The van der Waals surface area contributed by atoms with Crippen molar-refractivity contribution in [2.24, 2.45) is 5.73 Å². The number of ether oxygens (including phenoxy) is 2. The molecule has 0 spiro atoms. The minimum atomic E-state index is -0.121. The molecule has 10 heteroatoms. The first-order valence-electron chi connectivity index (χ1n) is 8.52. The van der Waals surface area contributed by atoms with E-state index in [-0.39, 0.29) is 24.2 Å². The second-order valence-electron chi connectivity index (χ2n) is 5.98. The zero-order valence-corrected chi connectivity index (χ0v) is 17.3. The molecule has 2 amide bonds. The van der Waals surface area contributed by atoms with Gasteiger partial charge in [-0.1, -0.05) is 0 Å². The fourth-order valence-corrected chi connectivity index (χ4v) is 3.58. The van der Waals surface area contributed by atoms with Crippen LogP contribution in [0.15, 0.2) is 23.6 Å². The number of amides is 2. The highest BCUT2D eigenvalue weighted by Gasteiger charge is 2.27. The maximum absolute atomic E-state index is 12.8. The van der Waals surface area contributed by atoms with Gasteiger partial charge in [0.2, 0.25) is 0 Å². The molecule has 0 atom stereocenters. The Morgan fingerprint density at radius 1 is 1.07 bits per heavy atom. The average molecular weight is 427 g/mol. The summed E-state index contributed by atoms with van der Waals surface area (Å²) < 4.78 is 10.5. The van der Waals surface area contributed by atoms with Crippen molar-refractivity contribution in [1.29, 1.82) is 0 Å². The van der Waals surface area contributed by atoms with Gasteiger partial charge in [-0.05, 0) is 18.2 Å². The SMILES string of the molecule is COc1ccc(C(=O)N2CCN(C(=O)c3csc(CN)n3)CC2)cc1OC.Cl. The number of nitrogens with zero attached hydrogens (tertiary/aromatic N) is 3. The summed E-state index contributed by atoms with van der Waals surface area (Å²) in [4.78, 5) is 33.0. The van der Waals surface area contributed by atoms with Crippen molar-refractivity contribution in [2.75, 3.05) is 40.4 Å². The number of carbonyl (C=O) groups excluding carboxylic acids is 2. The van der Waals surface area contributed by atoms with Gasteiger partial charge < -0.3 is 25.0 Å². The number of nitrogens with two attached hydrogens (primary N) is 1. The quantitative estimate of drug-likeness (QED) is 0.780. The van der Waals surface area contributed by atoms with Gasteiger partial charge in [-0.3, -0.25) is 9.59 Å². The van der Waals surface area contributed by atoms with E-state index < -0.39 is 0 Å². The van der Waals surface area contributed by atoms with E-state index in [1.165, 1.54) is 18.4 Å². The maximum atomic E-state index is 12.8. The summed E-state index contributed by atoms with van der Waals surface area (Å²) in [5, 5.41) is 2.46. The molecular formula is C18H23ClN4O4S. The highest BCUT2D eigenvalue weighted by atomic mass is 35.5. The Bertz CT molecular complexity index is 837. The lowest BCUT2D eigenvalue weighted by molar-refractivity contribution is 0.0532. The molecule has 0 radical (unpaired) electrons. The first kappa shape index (κ1) is 21.9. The normalized spacial score (nSPS) is 13.7. The Hall–Kier alpha value is -2.36. The molecule has 0 saturated carbocycles. The van der Waals surface area contributed by atoms with Gasteiger partial charge in [0.15, 0.2) is 11.5 Å². The van der Waals surface area contributed by atoms with Crippen LogP contribution in [-0.4, -0.2) is 67.0 Å². The highest BCUT2D eigenvalue weighted by molar-refractivity contribution is 7.09. The summed E-state index contributed by atoms with van der Waals surface area (Å²) in [6.07, 6.45) is 0. The topological polar surface area (TPSA) is 98.0 Å². The molecule has 1 aliphatic heterocycles. The molecule has 8 nitrogen and oxygen atoms in total. The average Bonchev–Trinajstić information content (AvgIpc) is 3.21. The van der Waals surface area contributed by atoms with Crippen LogP contribution in [0.4, 0.5) is 0 Å². The third-order valence-corrected chi connectivity index (χ3v) is 5.30. The Morgan fingerprint density at radius 3 is 2.21 bits per heavy atom. The van der Waals surface area contributed by atoms with Crippen molar-refractivity contribution in [2.45, 2.75) is 6.54 Å². The minimum Gasteiger partial charge on any atom is -0.493 e. The number of thiazole rings is 1. The van der Waals surface area contributed by atoms with Crippen LogP contribution in [0.5, 0.6) is 11.5 Å². The smallest absolute Gasteiger partial charge is 0.273 e. The van der Waals surface area contributed by atoms with Crippen LogP contribution < -0.4 is 15.2 Å². The predicted octanol–water partition coefficient (Wildman–Crippen LogP) is 1.64. The van der Waals surface area contributed by atoms with Gasteiger partial charge in [0, 0.05) is 43.7 Å². The second-order valence-corrected chi connectivity index (χ2v) is 6.93. The van der Waals surface area contributed by atoms with E-state index in [0.29, 0.717) is 55.5 Å². The lowest BCUT2D eigenvalue weighted by atomic mass is 10.1. The summed E-state index contributed by atoms with van der Waals surface area (Å²) in [5.74, 6) is 0.868. The third-order valence-electron chi connectivity index (χ3n) is 4.43. The lowest BCUT2D eigenvalue weighted by Gasteiger charge is -2.34. The molecule has 2 heterocycles. The van der Waals surface area contributed by atoms with Gasteiger partial charge in [-0.2, -0.15) is 0 Å². The molecular weight excluding hydrogens is 404 g/mol. The zero-order chi connectivity index (χ0) is 19.4. The van der Waals surface area contributed by atoms with Gasteiger partial charge in [0.05, 0.1) is 14.2 Å². The molecule has 0 bridgehead atoms. The van der Waals surface area contributed by atoms with Gasteiger partial charge in [0.25, 0.3) is 11.8 Å². The molecule has 1 aromatic heterocycles. The number of aromatic nitrogens is 1. The Morgan fingerprint density at radius 2 is 1.68 bits per heavy atom. The van der Waals surface area contributed by atoms with Crippen molar-refractivity contribution < 1.29 is 19.1 Å². The molecule has 1 aliphatic rings. The maximum Gasteiger partial charge on any atom is 0.273 e. The monoisotopic (exact) mass is 426 g/mol. The largest absolute Gasteiger partial charge is 0.493 e. The van der Waals surface area contributed by atoms with Crippen LogP contribution in [0.25, 0.3) is 0 Å². The van der Waals surface area contributed by atoms with Crippen molar-refractivity contribution in [1.82, 2.24) is 14.8 Å². The van der Waals surface area contributed by atoms with Gasteiger partial charge >= 0.3 is 0 Å². The van der Waals surface area contributed by atoms with Gasteiger partial charge in [-0.25, -0.2) is 4.98 Å². The summed E-state index contributed by atoms with van der Waals surface area (Å²) in [7, 11) is 3.08. The molecule has 1 fully saturated rings. The number of benzene rings is 1. The number of hydrogen-bond donors (Lipinski definition) is 1. The Kier molecular flexibility index (Phi) is 7.61. The van der Waals surface area contributed by atoms with Crippen LogP contribution in [0.1, 0.15) is 25.9 Å². The number of carbonyl (C=O) groups is 2. The predicted molar refractivity (Wildman–Crippen MR) is 109 cm³/mol. The molecule has 2 aromatic rings. The summed E-state index contributed by atoms with van der Waals surface area (Å²) in [6.45, 7) is 2.19. The summed E-state index contributed by atoms with van der Waals surface area (Å²) >= 11 is 1.38.